The SMILES string of the molecule is CCc1ccc(N=c2oc3ccc(Cl)cc3cc2C(=O)NCC2CCCO2)cc1. The van der Waals surface area contributed by atoms with E-state index >= 15 is 0 Å². The number of fused-ring (bicyclic) bond motifs is 1. The van der Waals surface area contributed by atoms with Crippen LogP contribution in [0.3, 0.4) is 0 Å². The highest BCUT2D eigenvalue weighted by Crippen LogP contribution is 2.20. The van der Waals surface area contributed by atoms with Crippen molar-refractivity contribution < 1.29 is 13.9 Å². The topological polar surface area (TPSA) is 63.8 Å². The fourth-order valence-electron chi connectivity index (χ4n) is 3.38. The molecule has 1 atom stereocenters. The number of nitrogens with zero attached hydrogens (tertiary/aromatic N) is 1. The molecule has 0 aliphatic carbocycles. The van der Waals surface area contributed by atoms with Crippen LogP contribution in [0.1, 0.15) is 35.7 Å². The van der Waals surface area contributed by atoms with Gasteiger partial charge in [0.1, 0.15) is 11.1 Å². The van der Waals surface area contributed by atoms with E-state index in [-0.39, 0.29) is 17.6 Å². The number of halogens is 1. The van der Waals surface area contributed by atoms with Gasteiger partial charge >= 0.3 is 0 Å². The fraction of sp³-hybridized carbons (Fsp3) is 0.304. The smallest absolute Gasteiger partial charge is 0.256 e. The van der Waals surface area contributed by atoms with E-state index in [0.717, 1.165) is 36.9 Å². The van der Waals surface area contributed by atoms with E-state index in [1.54, 1.807) is 24.3 Å². The summed E-state index contributed by atoms with van der Waals surface area (Å²) in [6.45, 7) is 3.32. The number of benzene rings is 2. The first-order valence-electron chi connectivity index (χ1n) is 9.89. The van der Waals surface area contributed by atoms with Crippen molar-refractivity contribution in [3.8, 4) is 0 Å². The van der Waals surface area contributed by atoms with E-state index in [1.165, 1.54) is 5.56 Å². The standard InChI is InChI=1S/C23H23ClN2O3/c1-2-15-5-8-18(9-6-15)26-23-20(22(27)25-14-19-4-3-11-28-19)13-16-12-17(24)7-10-21(16)29-23/h5-10,12-13,19H,2-4,11,14H2,1H3,(H,25,27). The van der Waals surface area contributed by atoms with E-state index in [4.69, 9.17) is 20.8 Å². The Morgan fingerprint density at radius 3 is 2.76 bits per heavy atom. The molecule has 29 heavy (non-hydrogen) atoms. The number of nitrogens with one attached hydrogen (secondary N) is 1. The molecule has 6 heteroatoms. The molecule has 3 aromatic rings. The van der Waals surface area contributed by atoms with Crippen molar-refractivity contribution in [2.45, 2.75) is 32.3 Å². The van der Waals surface area contributed by atoms with Crippen molar-refractivity contribution in [1.29, 1.82) is 0 Å². The molecular formula is C23H23ClN2O3. The van der Waals surface area contributed by atoms with Crippen LogP contribution >= 0.6 is 11.6 Å². The quantitative estimate of drug-likeness (QED) is 0.657. The predicted molar refractivity (Wildman–Crippen MR) is 114 cm³/mol. The number of carbonyl (C=O) groups excluding carboxylic acids is 1. The Bertz CT molecular complexity index is 1080. The van der Waals surface area contributed by atoms with Crippen molar-refractivity contribution in [3.05, 3.63) is 70.2 Å². The van der Waals surface area contributed by atoms with Crippen LogP contribution < -0.4 is 10.9 Å². The minimum absolute atomic E-state index is 0.0627. The number of carbonyl (C=O) groups is 1. The molecule has 1 aliphatic rings. The number of rotatable bonds is 5. The largest absolute Gasteiger partial charge is 0.438 e. The highest BCUT2D eigenvalue weighted by molar-refractivity contribution is 6.31. The third-order valence-electron chi connectivity index (χ3n) is 5.04. The number of ether oxygens (including phenoxy) is 1. The zero-order valence-corrected chi connectivity index (χ0v) is 17.0. The van der Waals surface area contributed by atoms with Crippen LogP contribution in [-0.2, 0) is 11.2 Å². The second-order valence-electron chi connectivity index (χ2n) is 7.12. The van der Waals surface area contributed by atoms with Gasteiger partial charge in [-0.3, -0.25) is 4.79 Å². The summed E-state index contributed by atoms with van der Waals surface area (Å²) in [6, 6.07) is 15.0. The zero-order chi connectivity index (χ0) is 20.2. The van der Waals surface area contributed by atoms with E-state index in [1.807, 2.05) is 24.3 Å². The molecule has 1 aromatic heterocycles. The molecule has 0 bridgehead atoms. The first kappa shape index (κ1) is 19.7. The average molecular weight is 411 g/mol. The van der Waals surface area contributed by atoms with E-state index in [2.05, 4.69) is 17.2 Å². The molecule has 1 aliphatic heterocycles. The molecule has 1 amide bonds. The first-order valence-corrected chi connectivity index (χ1v) is 10.3. The van der Waals surface area contributed by atoms with Crippen LogP contribution in [0.2, 0.25) is 5.02 Å². The lowest BCUT2D eigenvalue weighted by Gasteiger charge is -2.11. The summed E-state index contributed by atoms with van der Waals surface area (Å²) in [5.74, 6) is -0.241. The molecule has 2 aromatic carbocycles. The fourth-order valence-corrected chi connectivity index (χ4v) is 3.56. The van der Waals surface area contributed by atoms with E-state index < -0.39 is 0 Å². The van der Waals surface area contributed by atoms with Gasteiger partial charge in [-0.1, -0.05) is 30.7 Å². The van der Waals surface area contributed by atoms with Crippen LogP contribution in [0.15, 0.2) is 57.9 Å². The van der Waals surface area contributed by atoms with Crippen LogP contribution in [0, 0.1) is 0 Å². The van der Waals surface area contributed by atoms with Crippen molar-refractivity contribution in [1.82, 2.24) is 5.32 Å². The summed E-state index contributed by atoms with van der Waals surface area (Å²) < 4.78 is 11.6. The van der Waals surface area contributed by atoms with Crippen molar-refractivity contribution in [2.75, 3.05) is 13.2 Å². The first-order chi connectivity index (χ1) is 14.1. The van der Waals surface area contributed by atoms with Gasteiger partial charge in [-0.2, -0.15) is 0 Å². The highest BCUT2D eigenvalue weighted by atomic mass is 35.5. The van der Waals surface area contributed by atoms with Gasteiger partial charge in [0.15, 0.2) is 0 Å². The van der Waals surface area contributed by atoms with Crippen LogP contribution in [0.4, 0.5) is 5.69 Å². The normalized spacial score (nSPS) is 17.0. The van der Waals surface area contributed by atoms with E-state index in [0.29, 0.717) is 22.7 Å². The summed E-state index contributed by atoms with van der Waals surface area (Å²) in [6.07, 6.45) is 3.00. The lowest BCUT2D eigenvalue weighted by atomic mass is 10.1. The summed E-state index contributed by atoms with van der Waals surface area (Å²) >= 11 is 6.11. The van der Waals surface area contributed by atoms with Crippen molar-refractivity contribution >= 4 is 34.2 Å². The molecule has 1 N–H and O–H groups in total. The lowest BCUT2D eigenvalue weighted by Crippen LogP contribution is -2.34. The van der Waals surface area contributed by atoms with Gasteiger partial charge in [0.25, 0.3) is 5.91 Å². The van der Waals surface area contributed by atoms with Gasteiger partial charge in [-0.25, -0.2) is 4.99 Å². The molecule has 150 valence electrons. The third-order valence-corrected chi connectivity index (χ3v) is 5.28. The van der Waals surface area contributed by atoms with Crippen molar-refractivity contribution in [2.24, 2.45) is 4.99 Å². The maximum atomic E-state index is 12.9. The molecule has 0 radical (unpaired) electrons. The molecule has 4 rings (SSSR count). The number of amides is 1. The van der Waals surface area contributed by atoms with Crippen molar-refractivity contribution in [3.63, 3.8) is 0 Å². The number of hydrogen-bond donors (Lipinski definition) is 1. The van der Waals surface area contributed by atoms with E-state index in [9.17, 15) is 4.79 Å². The Hall–Kier alpha value is -2.63. The van der Waals surface area contributed by atoms with Gasteiger partial charge in [-0.15, -0.1) is 0 Å². The molecule has 1 saturated heterocycles. The number of hydrogen-bond acceptors (Lipinski definition) is 4. The maximum absolute atomic E-state index is 12.9. The Morgan fingerprint density at radius 1 is 1.21 bits per heavy atom. The Kier molecular flexibility index (Phi) is 5.97. The Balaban J connectivity index is 1.73. The molecule has 2 heterocycles. The monoisotopic (exact) mass is 410 g/mol. The molecule has 0 spiro atoms. The molecule has 1 unspecified atom stereocenters. The second-order valence-corrected chi connectivity index (χ2v) is 7.56. The van der Waals surface area contributed by atoms with Gasteiger partial charge in [0.05, 0.1) is 11.8 Å². The zero-order valence-electron chi connectivity index (χ0n) is 16.3. The molecular weight excluding hydrogens is 388 g/mol. The van der Waals surface area contributed by atoms with Gasteiger partial charge in [-0.05, 0) is 61.2 Å². The summed E-state index contributed by atoms with van der Waals surface area (Å²) in [7, 11) is 0. The van der Waals surface area contributed by atoms with Crippen LogP contribution in [0.25, 0.3) is 11.0 Å². The predicted octanol–water partition coefficient (Wildman–Crippen LogP) is 4.79. The molecule has 0 saturated carbocycles. The highest BCUT2D eigenvalue weighted by Gasteiger charge is 2.18. The maximum Gasteiger partial charge on any atom is 0.256 e. The summed E-state index contributed by atoms with van der Waals surface area (Å²) in [5, 5.41) is 4.28. The van der Waals surface area contributed by atoms with Crippen LogP contribution in [0.5, 0.6) is 0 Å². The Labute approximate surface area is 174 Å². The van der Waals surface area contributed by atoms with Gasteiger partial charge < -0.3 is 14.5 Å². The minimum Gasteiger partial charge on any atom is -0.438 e. The Morgan fingerprint density at radius 2 is 2.03 bits per heavy atom. The second kappa shape index (κ2) is 8.80. The number of aryl methyl sites for hydroxylation is 1. The molecule has 5 nitrogen and oxygen atoms in total. The van der Waals surface area contributed by atoms with Gasteiger partial charge in [0.2, 0.25) is 5.55 Å². The third kappa shape index (κ3) is 4.69. The molecule has 1 fully saturated rings. The van der Waals surface area contributed by atoms with Crippen LogP contribution in [-0.4, -0.2) is 25.2 Å². The minimum atomic E-state index is -0.241. The average Bonchev–Trinajstić information content (AvgIpc) is 3.26. The lowest BCUT2D eigenvalue weighted by molar-refractivity contribution is 0.0854. The van der Waals surface area contributed by atoms with Gasteiger partial charge in [0, 0.05) is 23.6 Å². The summed E-state index contributed by atoms with van der Waals surface area (Å²) in [4.78, 5) is 17.5. The summed E-state index contributed by atoms with van der Waals surface area (Å²) in [5.41, 5.74) is 3.22.